The van der Waals surface area contributed by atoms with E-state index in [0.717, 1.165) is 11.7 Å². The second-order valence-corrected chi connectivity index (χ2v) is 6.81. The molecule has 0 unspecified atom stereocenters. The van der Waals surface area contributed by atoms with Gasteiger partial charge in [0.15, 0.2) is 0 Å². The predicted molar refractivity (Wildman–Crippen MR) is 99.4 cm³/mol. The molecule has 0 aliphatic heterocycles. The highest BCUT2D eigenvalue weighted by molar-refractivity contribution is 5.91. The minimum atomic E-state index is -0.348. The SMILES string of the molecule is CCC1CCC(c2ccc(OC(=O)c3ccc(OC)cc3)cc2)CC1. The molecular formula is C22H26O3. The summed E-state index contributed by atoms with van der Waals surface area (Å²) >= 11 is 0. The lowest BCUT2D eigenvalue weighted by molar-refractivity contribution is 0.0734. The van der Waals surface area contributed by atoms with E-state index in [1.165, 1.54) is 37.7 Å². The number of carbonyl (C=O) groups excluding carboxylic acids is 1. The fourth-order valence-electron chi connectivity index (χ4n) is 3.61. The Morgan fingerprint density at radius 3 is 2.08 bits per heavy atom. The number of rotatable bonds is 5. The van der Waals surface area contributed by atoms with E-state index in [1.807, 2.05) is 12.1 Å². The summed E-state index contributed by atoms with van der Waals surface area (Å²) in [5.41, 5.74) is 1.88. The maximum absolute atomic E-state index is 12.2. The Hall–Kier alpha value is -2.29. The number of benzene rings is 2. The van der Waals surface area contributed by atoms with E-state index in [2.05, 4.69) is 19.1 Å². The van der Waals surface area contributed by atoms with E-state index in [9.17, 15) is 4.79 Å². The topological polar surface area (TPSA) is 35.5 Å². The van der Waals surface area contributed by atoms with Crippen LogP contribution in [0.25, 0.3) is 0 Å². The number of hydrogen-bond acceptors (Lipinski definition) is 3. The van der Waals surface area contributed by atoms with Crippen molar-refractivity contribution in [3.05, 3.63) is 59.7 Å². The fraction of sp³-hybridized carbons (Fsp3) is 0.409. The van der Waals surface area contributed by atoms with Crippen LogP contribution in [0, 0.1) is 5.92 Å². The van der Waals surface area contributed by atoms with Crippen LogP contribution >= 0.6 is 0 Å². The average Bonchev–Trinajstić information content (AvgIpc) is 2.68. The molecule has 3 heteroatoms. The van der Waals surface area contributed by atoms with Gasteiger partial charge in [0, 0.05) is 0 Å². The first-order valence-electron chi connectivity index (χ1n) is 9.15. The molecule has 2 aromatic carbocycles. The molecule has 132 valence electrons. The highest BCUT2D eigenvalue weighted by atomic mass is 16.5. The van der Waals surface area contributed by atoms with E-state index < -0.39 is 0 Å². The Bertz CT molecular complexity index is 680. The van der Waals surface area contributed by atoms with Gasteiger partial charge in [-0.3, -0.25) is 0 Å². The second kappa shape index (κ2) is 8.19. The van der Waals surface area contributed by atoms with Crippen LogP contribution in [0.1, 0.15) is 60.9 Å². The van der Waals surface area contributed by atoms with Gasteiger partial charge in [-0.05, 0) is 79.5 Å². The normalized spacial score (nSPS) is 20.1. The van der Waals surface area contributed by atoms with Gasteiger partial charge in [0.2, 0.25) is 0 Å². The molecule has 0 N–H and O–H groups in total. The standard InChI is InChI=1S/C22H26O3/c1-3-16-4-6-17(7-5-16)18-8-14-21(15-9-18)25-22(23)19-10-12-20(24-2)13-11-19/h8-17H,3-7H2,1-2H3. The summed E-state index contributed by atoms with van der Waals surface area (Å²) in [7, 11) is 1.60. The zero-order chi connectivity index (χ0) is 17.6. The van der Waals surface area contributed by atoms with Crippen molar-refractivity contribution in [3.8, 4) is 11.5 Å². The van der Waals surface area contributed by atoms with Gasteiger partial charge in [-0.2, -0.15) is 0 Å². The Kier molecular flexibility index (Phi) is 5.75. The summed E-state index contributed by atoms with van der Waals surface area (Å²) in [4.78, 5) is 12.2. The first-order chi connectivity index (χ1) is 12.2. The Labute approximate surface area is 150 Å². The van der Waals surface area contributed by atoms with Crippen molar-refractivity contribution >= 4 is 5.97 Å². The lowest BCUT2D eigenvalue weighted by atomic mass is 9.78. The zero-order valence-corrected chi connectivity index (χ0v) is 15.0. The molecule has 0 aromatic heterocycles. The maximum Gasteiger partial charge on any atom is 0.343 e. The quantitative estimate of drug-likeness (QED) is 0.526. The number of hydrogen-bond donors (Lipinski definition) is 0. The van der Waals surface area contributed by atoms with Gasteiger partial charge in [-0.15, -0.1) is 0 Å². The van der Waals surface area contributed by atoms with Crippen LogP contribution in [0.15, 0.2) is 48.5 Å². The molecule has 2 aromatic rings. The van der Waals surface area contributed by atoms with E-state index in [0.29, 0.717) is 17.2 Å². The summed E-state index contributed by atoms with van der Waals surface area (Å²) in [6.07, 6.45) is 6.49. The molecule has 3 rings (SSSR count). The van der Waals surface area contributed by atoms with Crippen LogP contribution in [-0.4, -0.2) is 13.1 Å². The predicted octanol–water partition coefficient (Wildman–Crippen LogP) is 5.60. The summed E-state index contributed by atoms with van der Waals surface area (Å²) in [5.74, 6) is 2.51. The van der Waals surface area contributed by atoms with Crippen molar-refractivity contribution in [3.63, 3.8) is 0 Å². The third kappa shape index (κ3) is 4.41. The number of methoxy groups -OCH3 is 1. The zero-order valence-electron chi connectivity index (χ0n) is 15.0. The van der Waals surface area contributed by atoms with Crippen LogP contribution in [0.4, 0.5) is 0 Å². The largest absolute Gasteiger partial charge is 0.497 e. The molecule has 0 saturated heterocycles. The van der Waals surface area contributed by atoms with Crippen molar-refractivity contribution in [1.29, 1.82) is 0 Å². The van der Waals surface area contributed by atoms with Gasteiger partial charge in [0.1, 0.15) is 11.5 Å². The molecule has 0 heterocycles. The van der Waals surface area contributed by atoms with E-state index in [-0.39, 0.29) is 5.97 Å². The Morgan fingerprint density at radius 2 is 1.52 bits per heavy atom. The van der Waals surface area contributed by atoms with E-state index in [4.69, 9.17) is 9.47 Å². The van der Waals surface area contributed by atoms with E-state index >= 15 is 0 Å². The molecule has 1 aliphatic carbocycles. The Morgan fingerprint density at radius 1 is 0.920 bits per heavy atom. The van der Waals surface area contributed by atoms with Gasteiger partial charge in [0.05, 0.1) is 12.7 Å². The van der Waals surface area contributed by atoms with Crippen LogP contribution in [0.2, 0.25) is 0 Å². The molecule has 1 fully saturated rings. The van der Waals surface area contributed by atoms with Crippen molar-refractivity contribution in [2.45, 2.75) is 44.9 Å². The highest BCUT2D eigenvalue weighted by Gasteiger charge is 2.21. The molecule has 0 bridgehead atoms. The molecule has 0 amide bonds. The lowest BCUT2D eigenvalue weighted by Crippen LogP contribution is -2.12. The lowest BCUT2D eigenvalue weighted by Gasteiger charge is -2.28. The smallest absolute Gasteiger partial charge is 0.343 e. The van der Waals surface area contributed by atoms with Gasteiger partial charge >= 0.3 is 5.97 Å². The summed E-state index contributed by atoms with van der Waals surface area (Å²) < 4.78 is 10.6. The van der Waals surface area contributed by atoms with Crippen LogP contribution < -0.4 is 9.47 Å². The highest BCUT2D eigenvalue weighted by Crippen LogP contribution is 2.37. The third-order valence-corrected chi connectivity index (χ3v) is 5.31. The molecule has 1 saturated carbocycles. The molecule has 0 radical (unpaired) electrons. The number of esters is 1. The summed E-state index contributed by atoms with van der Waals surface area (Å²) in [6, 6.07) is 15.0. The van der Waals surface area contributed by atoms with Crippen molar-refractivity contribution in [2.24, 2.45) is 5.92 Å². The molecular weight excluding hydrogens is 312 g/mol. The molecule has 25 heavy (non-hydrogen) atoms. The summed E-state index contributed by atoms with van der Waals surface area (Å²) in [5, 5.41) is 0. The van der Waals surface area contributed by atoms with Gasteiger partial charge < -0.3 is 9.47 Å². The first kappa shape index (κ1) is 17.5. The molecule has 3 nitrogen and oxygen atoms in total. The van der Waals surface area contributed by atoms with Crippen LogP contribution in [0.3, 0.4) is 0 Å². The molecule has 0 spiro atoms. The second-order valence-electron chi connectivity index (χ2n) is 6.81. The van der Waals surface area contributed by atoms with Crippen LogP contribution in [-0.2, 0) is 0 Å². The monoisotopic (exact) mass is 338 g/mol. The average molecular weight is 338 g/mol. The van der Waals surface area contributed by atoms with E-state index in [1.54, 1.807) is 31.4 Å². The number of ether oxygens (including phenoxy) is 2. The fourth-order valence-corrected chi connectivity index (χ4v) is 3.61. The molecule has 0 atom stereocenters. The van der Waals surface area contributed by atoms with Crippen LogP contribution in [0.5, 0.6) is 11.5 Å². The Balaban J connectivity index is 1.59. The van der Waals surface area contributed by atoms with Crippen molar-refractivity contribution < 1.29 is 14.3 Å². The van der Waals surface area contributed by atoms with Gasteiger partial charge in [-0.25, -0.2) is 4.79 Å². The summed E-state index contributed by atoms with van der Waals surface area (Å²) in [6.45, 7) is 2.29. The first-order valence-corrected chi connectivity index (χ1v) is 9.15. The minimum Gasteiger partial charge on any atom is -0.497 e. The van der Waals surface area contributed by atoms with Crippen molar-refractivity contribution in [1.82, 2.24) is 0 Å². The minimum absolute atomic E-state index is 0.348. The van der Waals surface area contributed by atoms with Crippen molar-refractivity contribution in [2.75, 3.05) is 7.11 Å². The van der Waals surface area contributed by atoms with Gasteiger partial charge in [-0.1, -0.05) is 25.5 Å². The maximum atomic E-state index is 12.2. The number of carbonyl (C=O) groups is 1. The molecule has 1 aliphatic rings. The third-order valence-electron chi connectivity index (χ3n) is 5.31. The van der Waals surface area contributed by atoms with Gasteiger partial charge in [0.25, 0.3) is 0 Å².